The van der Waals surface area contributed by atoms with Crippen LogP contribution in [0, 0.1) is 20.8 Å². The maximum Gasteiger partial charge on any atom is 0.177 e. The molecule has 10 nitrogen and oxygen atoms in total. The van der Waals surface area contributed by atoms with Gasteiger partial charge in [0.15, 0.2) is 15.5 Å². The number of nitrogens with zero attached hydrogens (tertiary/aromatic N) is 4. The summed E-state index contributed by atoms with van der Waals surface area (Å²) in [6.07, 6.45) is 5.74. The van der Waals surface area contributed by atoms with Gasteiger partial charge in [-0.3, -0.25) is 4.98 Å². The molecule has 36 heavy (non-hydrogen) atoms. The van der Waals surface area contributed by atoms with Crippen molar-refractivity contribution < 1.29 is 13.2 Å². The molecule has 1 fully saturated rings. The molecule has 3 N–H and O–H groups in total. The second-order valence-electron chi connectivity index (χ2n) is 9.13. The summed E-state index contributed by atoms with van der Waals surface area (Å²) in [5.74, 6) is 1.76. The zero-order chi connectivity index (χ0) is 25.4. The molecule has 1 aromatic carbocycles. The van der Waals surface area contributed by atoms with E-state index in [1.54, 1.807) is 24.4 Å². The Labute approximate surface area is 209 Å². The number of imidazole rings is 1. The molecule has 5 rings (SSSR count). The summed E-state index contributed by atoms with van der Waals surface area (Å²) in [4.78, 5) is 21.4. The van der Waals surface area contributed by atoms with Crippen molar-refractivity contribution in [1.82, 2.24) is 24.9 Å². The first-order valence-corrected chi connectivity index (χ1v) is 13.7. The number of H-pyrrole nitrogens is 1. The molecule has 4 heterocycles. The lowest BCUT2D eigenvalue weighted by molar-refractivity contribution is 0.0148. The molecular formula is C25H29N7O3S. The lowest BCUT2D eigenvalue weighted by Crippen LogP contribution is -2.13. The highest BCUT2D eigenvalue weighted by atomic mass is 32.2. The number of fused-ring (bicyclic) bond motifs is 1. The molecule has 11 heteroatoms. The van der Waals surface area contributed by atoms with E-state index < -0.39 is 9.84 Å². The minimum atomic E-state index is -3.53. The molecular weight excluding hydrogens is 478 g/mol. The molecule has 1 aliphatic heterocycles. The number of benzene rings is 1. The van der Waals surface area contributed by atoms with E-state index >= 15 is 0 Å². The molecule has 0 unspecified atom stereocenters. The zero-order valence-corrected chi connectivity index (χ0v) is 21.5. The number of hydrogen-bond donors (Lipinski definition) is 3. The molecule has 1 atom stereocenters. The van der Waals surface area contributed by atoms with Gasteiger partial charge in [-0.25, -0.2) is 23.4 Å². The zero-order valence-electron chi connectivity index (χ0n) is 20.7. The molecule has 188 valence electrons. The number of aromatic nitrogens is 5. The van der Waals surface area contributed by atoms with E-state index in [1.165, 1.54) is 6.26 Å². The SMILES string of the molecule is Cc1nc2c(Nc3ccc([C@@H]4CCCCO4)cc3S(C)(=O)=O)cc(Nc3cnc(C)c(C)n3)nc2[nH]1. The minimum absolute atomic E-state index is 0.0928. The summed E-state index contributed by atoms with van der Waals surface area (Å²) in [6, 6.07) is 7.21. The van der Waals surface area contributed by atoms with Crippen LogP contribution in [0.3, 0.4) is 0 Å². The number of sulfone groups is 1. The Morgan fingerprint density at radius 1 is 0.972 bits per heavy atom. The predicted molar refractivity (Wildman–Crippen MR) is 139 cm³/mol. The molecule has 0 amide bonds. The number of rotatable bonds is 6. The van der Waals surface area contributed by atoms with Gasteiger partial charge in [-0.2, -0.15) is 0 Å². The first kappa shape index (κ1) is 24.1. The molecule has 1 saturated heterocycles. The first-order chi connectivity index (χ1) is 17.2. The summed E-state index contributed by atoms with van der Waals surface area (Å²) < 4.78 is 31.4. The van der Waals surface area contributed by atoms with Crippen molar-refractivity contribution in [2.45, 2.75) is 51.0 Å². The quantitative estimate of drug-likeness (QED) is 0.336. The van der Waals surface area contributed by atoms with Crippen LogP contribution in [0.4, 0.5) is 23.0 Å². The van der Waals surface area contributed by atoms with Crippen LogP contribution in [-0.2, 0) is 14.6 Å². The topological polar surface area (TPSA) is 135 Å². The van der Waals surface area contributed by atoms with Gasteiger partial charge in [-0.15, -0.1) is 0 Å². The molecule has 0 radical (unpaired) electrons. The molecule has 0 bridgehead atoms. The fourth-order valence-corrected chi connectivity index (χ4v) is 5.16. The number of hydrogen-bond acceptors (Lipinski definition) is 9. The standard InChI is InChI=1S/C25H29N7O3S/c1-14-15(2)27-23(13-26-14)31-22-12-19(24-25(32-22)29-16(3)28-24)30-18-9-8-17(11-21(18)36(4,33)34)20-7-5-6-10-35-20/h8-9,11-13,20H,5-7,10H2,1-4H3,(H3,27,28,29,30,31,32)/t20-/m0/s1. The van der Waals surface area contributed by atoms with Crippen LogP contribution < -0.4 is 10.6 Å². The lowest BCUT2D eigenvalue weighted by atomic mass is 10.0. The van der Waals surface area contributed by atoms with Crippen molar-refractivity contribution in [3.05, 3.63) is 53.2 Å². The predicted octanol–water partition coefficient (Wildman–Crippen LogP) is 4.81. The maximum absolute atomic E-state index is 12.8. The normalized spacial score (nSPS) is 16.3. The smallest absolute Gasteiger partial charge is 0.177 e. The summed E-state index contributed by atoms with van der Waals surface area (Å²) in [7, 11) is -3.53. The van der Waals surface area contributed by atoms with Crippen LogP contribution in [-0.4, -0.2) is 46.2 Å². The van der Waals surface area contributed by atoms with Crippen LogP contribution in [0.15, 0.2) is 35.4 Å². The Kier molecular flexibility index (Phi) is 6.35. The van der Waals surface area contributed by atoms with Crippen LogP contribution in [0.2, 0.25) is 0 Å². The van der Waals surface area contributed by atoms with Gasteiger partial charge in [0, 0.05) is 18.9 Å². The number of anilines is 4. The molecule has 0 saturated carbocycles. The fourth-order valence-electron chi connectivity index (χ4n) is 4.30. The van der Waals surface area contributed by atoms with E-state index in [0.29, 0.717) is 46.6 Å². The van der Waals surface area contributed by atoms with Crippen molar-refractivity contribution in [2.24, 2.45) is 0 Å². The van der Waals surface area contributed by atoms with Crippen LogP contribution in [0.25, 0.3) is 11.2 Å². The van der Waals surface area contributed by atoms with E-state index in [0.717, 1.165) is 36.2 Å². The van der Waals surface area contributed by atoms with Crippen molar-refractivity contribution >= 4 is 44.0 Å². The maximum atomic E-state index is 12.8. The second kappa shape index (κ2) is 9.47. The largest absolute Gasteiger partial charge is 0.374 e. The summed E-state index contributed by atoms with van der Waals surface area (Å²) in [6.45, 7) is 6.32. The fraction of sp³-hybridized carbons (Fsp3) is 0.360. The third-order valence-corrected chi connectivity index (χ3v) is 7.38. The first-order valence-electron chi connectivity index (χ1n) is 11.8. The number of aryl methyl sites for hydroxylation is 3. The monoisotopic (exact) mass is 507 g/mol. The van der Waals surface area contributed by atoms with Gasteiger partial charge < -0.3 is 20.4 Å². The minimum Gasteiger partial charge on any atom is -0.374 e. The van der Waals surface area contributed by atoms with Crippen molar-refractivity contribution in [3.63, 3.8) is 0 Å². The van der Waals surface area contributed by atoms with Gasteiger partial charge in [0.05, 0.1) is 40.0 Å². The Morgan fingerprint density at radius 2 is 1.81 bits per heavy atom. The Bertz CT molecular complexity index is 1540. The lowest BCUT2D eigenvalue weighted by Gasteiger charge is -2.24. The van der Waals surface area contributed by atoms with Crippen LogP contribution in [0.5, 0.6) is 0 Å². The van der Waals surface area contributed by atoms with Gasteiger partial charge in [-0.05, 0) is 57.7 Å². The van der Waals surface area contributed by atoms with Crippen molar-refractivity contribution in [1.29, 1.82) is 0 Å². The second-order valence-corrected chi connectivity index (χ2v) is 11.1. The summed E-state index contributed by atoms with van der Waals surface area (Å²) in [5.41, 5.74) is 4.76. The average molecular weight is 508 g/mol. The van der Waals surface area contributed by atoms with E-state index in [4.69, 9.17) is 4.74 Å². The summed E-state index contributed by atoms with van der Waals surface area (Å²) in [5, 5.41) is 6.48. The number of nitrogens with one attached hydrogen (secondary N) is 3. The molecule has 3 aromatic heterocycles. The van der Waals surface area contributed by atoms with E-state index in [9.17, 15) is 8.42 Å². The van der Waals surface area contributed by atoms with Crippen molar-refractivity contribution in [3.8, 4) is 0 Å². The van der Waals surface area contributed by atoms with Gasteiger partial charge in [0.2, 0.25) is 0 Å². The van der Waals surface area contributed by atoms with Crippen LogP contribution in [0.1, 0.15) is 48.1 Å². The highest BCUT2D eigenvalue weighted by Gasteiger charge is 2.22. The number of pyridine rings is 1. The average Bonchev–Trinajstić information content (AvgIpc) is 3.22. The Hall–Kier alpha value is -3.57. The molecule has 0 aliphatic carbocycles. The van der Waals surface area contributed by atoms with Gasteiger partial charge >= 0.3 is 0 Å². The Morgan fingerprint density at radius 3 is 2.53 bits per heavy atom. The third-order valence-electron chi connectivity index (χ3n) is 6.25. The van der Waals surface area contributed by atoms with Gasteiger partial charge in [-0.1, -0.05) is 6.07 Å². The number of ether oxygens (including phenoxy) is 1. The highest BCUT2D eigenvalue weighted by Crippen LogP contribution is 2.35. The Balaban J connectivity index is 1.54. The highest BCUT2D eigenvalue weighted by molar-refractivity contribution is 7.90. The summed E-state index contributed by atoms with van der Waals surface area (Å²) >= 11 is 0. The van der Waals surface area contributed by atoms with E-state index in [-0.39, 0.29) is 11.0 Å². The van der Waals surface area contributed by atoms with E-state index in [1.807, 2.05) is 26.8 Å². The molecule has 0 spiro atoms. The van der Waals surface area contributed by atoms with Gasteiger partial charge in [0.25, 0.3) is 0 Å². The molecule has 1 aliphatic rings. The van der Waals surface area contributed by atoms with E-state index in [2.05, 4.69) is 35.6 Å². The van der Waals surface area contributed by atoms with Gasteiger partial charge in [0.1, 0.15) is 23.0 Å². The number of aromatic amines is 1. The third kappa shape index (κ3) is 5.02. The van der Waals surface area contributed by atoms with Crippen LogP contribution >= 0.6 is 0 Å². The van der Waals surface area contributed by atoms with Crippen molar-refractivity contribution in [2.75, 3.05) is 23.5 Å². The molecule has 4 aromatic rings.